The number of nitrogens with zero attached hydrogens (tertiary/aromatic N) is 1. The van der Waals surface area contributed by atoms with Crippen LogP contribution in [-0.2, 0) is 11.2 Å². The lowest BCUT2D eigenvalue weighted by Crippen LogP contribution is -2.39. The number of hydroxylamine groups is 1. The summed E-state index contributed by atoms with van der Waals surface area (Å²) in [6.45, 7) is 4.72. The van der Waals surface area contributed by atoms with Gasteiger partial charge in [0.15, 0.2) is 6.10 Å². The minimum absolute atomic E-state index is 0.199. The number of benzene rings is 2. The summed E-state index contributed by atoms with van der Waals surface area (Å²) in [7, 11) is 1.94. The molecule has 0 bridgehead atoms. The van der Waals surface area contributed by atoms with E-state index in [-0.39, 0.29) is 11.6 Å². The summed E-state index contributed by atoms with van der Waals surface area (Å²) in [5, 5.41) is 8.98. The van der Waals surface area contributed by atoms with E-state index in [0.29, 0.717) is 29.8 Å². The number of halogens is 2. The molecule has 1 amide bonds. The maximum absolute atomic E-state index is 13.4. The fourth-order valence-electron chi connectivity index (χ4n) is 3.04. The van der Waals surface area contributed by atoms with Crippen LogP contribution in [0, 0.1) is 25.5 Å². The lowest BCUT2D eigenvalue weighted by atomic mass is 10.1. The maximum atomic E-state index is 13.4. The van der Waals surface area contributed by atoms with Crippen LogP contribution in [0.15, 0.2) is 36.4 Å². The summed E-state index contributed by atoms with van der Waals surface area (Å²) in [4.78, 5) is 14.0. The topological polar surface area (TPSA) is 61.8 Å². The maximum Gasteiger partial charge on any atom is 0.284 e. The van der Waals surface area contributed by atoms with Crippen molar-refractivity contribution in [1.29, 1.82) is 0 Å². The number of carbonyl (C=O) groups is 1. The zero-order valence-electron chi connectivity index (χ0n) is 17.0. The molecule has 0 aliphatic carbocycles. The molecule has 0 aromatic heterocycles. The molecule has 2 rings (SSSR count). The monoisotopic (exact) mass is 406 g/mol. The van der Waals surface area contributed by atoms with Crippen LogP contribution in [0.4, 0.5) is 8.78 Å². The van der Waals surface area contributed by atoms with Gasteiger partial charge in [-0.15, -0.1) is 0 Å². The van der Waals surface area contributed by atoms with Gasteiger partial charge in [-0.2, -0.15) is 0 Å². The van der Waals surface area contributed by atoms with Crippen LogP contribution in [0.5, 0.6) is 5.75 Å². The molecule has 0 saturated heterocycles. The average Bonchev–Trinajstić information content (AvgIpc) is 2.70. The molecular weight excluding hydrogens is 378 g/mol. The van der Waals surface area contributed by atoms with Crippen molar-refractivity contribution in [3.8, 4) is 5.75 Å². The molecule has 1 atom stereocenters. The van der Waals surface area contributed by atoms with Gasteiger partial charge in [-0.25, -0.2) is 14.3 Å². The molecule has 0 aliphatic rings. The SMILES string of the molecule is Cc1cc(CCCN(C)CCC(Oc2ccc(F)c(C)c2)C(=O)NO)ccc1F. The number of aryl methyl sites for hydroxylation is 3. The molecule has 0 spiro atoms. The van der Waals surface area contributed by atoms with Gasteiger partial charge in [0.05, 0.1) is 0 Å². The van der Waals surface area contributed by atoms with Gasteiger partial charge in [0.25, 0.3) is 5.91 Å². The van der Waals surface area contributed by atoms with E-state index in [1.54, 1.807) is 25.4 Å². The van der Waals surface area contributed by atoms with E-state index in [4.69, 9.17) is 9.94 Å². The number of nitrogens with one attached hydrogen (secondary N) is 1. The normalized spacial score (nSPS) is 12.1. The molecule has 7 heteroatoms. The van der Waals surface area contributed by atoms with E-state index in [1.807, 2.05) is 13.1 Å². The molecule has 1 unspecified atom stereocenters. The molecule has 2 N–H and O–H groups in total. The largest absolute Gasteiger partial charge is 0.480 e. The first-order valence-electron chi connectivity index (χ1n) is 9.60. The Morgan fingerprint density at radius 2 is 1.76 bits per heavy atom. The highest BCUT2D eigenvalue weighted by atomic mass is 19.1. The molecule has 0 fully saturated rings. The van der Waals surface area contributed by atoms with Gasteiger partial charge in [-0.3, -0.25) is 10.0 Å². The Bertz CT molecular complexity index is 830. The van der Waals surface area contributed by atoms with Crippen molar-refractivity contribution < 1.29 is 23.5 Å². The number of hydrogen-bond donors (Lipinski definition) is 2. The third-order valence-electron chi connectivity index (χ3n) is 4.81. The van der Waals surface area contributed by atoms with Crippen molar-refractivity contribution in [3.05, 3.63) is 64.7 Å². The van der Waals surface area contributed by atoms with E-state index in [0.717, 1.165) is 24.9 Å². The Kier molecular flexibility index (Phi) is 8.54. The van der Waals surface area contributed by atoms with Gasteiger partial charge < -0.3 is 9.64 Å². The Morgan fingerprint density at radius 3 is 2.38 bits per heavy atom. The molecule has 2 aromatic rings. The first-order valence-corrected chi connectivity index (χ1v) is 9.60. The Morgan fingerprint density at radius 1 is 1.10 bits per heavy atom. The third-order valence-corrected chi connectivity index (χ3v) is 4.81. The zero-order chi connectivity index (χ0) is 21.4. The molecule has 2 aromatic carbocycles. The first-order chi connectivity index (χ1) is 13.8. The first kappa shape index (κ1) is 22.8. The van der Waals surface area contributed by atoms with Crippen molar-refractivity contribution in [2.45, 2.75) is 39.2 Å². The fourth-order valence-corrected chi connectivity index (χ4v) is 3.04. The van der Waals surface area contributed by atoms with E-state index < -0.39 is 12.0 Å². The quantitative estimate of drug-likeness (QED) is 0.466. The van der Waals surface area contributed by atoms with Gasteiger partial charge in [0.2, 0.25) is 0 Å². The van der Waals surface area contributed by atoms with Crippen LogP contribution in [0.2, 0.25) is 0 Å². The molecule has 5 nitrogen and oxygen atoms in total. The molecule has 0 radical (unpaired) electrons. The van der Waals surface area contributed by atoms with Gasteiger partial charge in [0, 0.05) is 13.0 Å². The minimum Gasteiger partial charge on any atom is -0.480 e. The second-order valence-corrected chi connectivity index (χ2v) is 7.27. The summed E-state index contributed by atoms with van der Waals surface area (Å²) in [6.07, 6.45) is 1.18. The summed E-state index contributed by atoms with van der Waals surface area (Å²) in [6, 6.07) is 9.39. The molecule has 29 heavy (non-hydrogen) atoms. The highest BCUT2D eigenvalue weighted by molar-refractivity contribution is 5.79. The van der Waals surface area contributed by atoms with Crippen molar-refractivity contribution >= 4 is 5.91 Å². The minimum atomic E-state index is -0.896. The predicted molar refractivity (Wildman–Crippen MR) is 107 cm³/mol. The Hall–Kier alpha value is -2.51. The van der Waals surface area contributed by atoms with Crippen LogP contribution < -0.4 is 10.2 Å². The third kappa shape index (κ3) is 7.11. The zero-order valence-corrected chi connectivity index (χ0v) is 17.0. The van der Waals surface area contributed by atoms with Gasteiger partial charge in [0.1, 0.15) is 17.4 Å². The number of carbonyl (C=O) groups excluding carboxylic acids is 1. The fraction of sp³-hybridized carbons (Fsp3) is 0.409. The highest BCUT2D eigenvalue weighted by Gasteiger charge is 2.21. The van der Waals surface area contributed by atoms with E-state index in [9.17, 15) is 13.6 Å². The average molecular weight is 406 g/mol. The van der Waals surface area contributed by atoms with E-state index in [1.165, 1.54) is 24.3 Å². The van der Waals surface area contributed by atoms with Crippen LogP contribution in [0.1, 0.15) is 29.5 Å². The Balaban J connectivity index is 1.83. The summed E-state index contributed by atoms with van der Waals surface area (Å²) < 4.78 is 32.4. The number of hydrogen-bond acceptors (Lipinski definition) is 4. The van der Waals surface area contributed by atoms with Crippen LogP contribution >= 0.6 is 0 Å². The molecule has 0 aliphatic heterocycles. The highest BCUT2D eigenvalue weighted by Crippen LogP contribution is 2.18. The van der Waals surface area contributed by atoms with Crippen molar-refractivity contribution in [2.24, 2.45) is 0 Å². The summed E-state index contributed by atoms with van der Waals surface area (Å²) in [5.74, 6) is -0.832. The summed E-state index contributed by atoms with van der Waals surface area (Å²) in [5.41, 5.74) is 3.77. The number of rotatable bonds is 10. The Labute approximate surface area is 170 Å². The van der Waals surface area contributed by atoms with Crippen molar-refractivity contribution in [2.75, 3.05) is 20.1 Å². The molecule has 158 valence electrons. The lowest BCUT2D eigenvalue weighted by molar-refractivity contribution is -0.136. The van der Waals surface area contributed by atoms with Crippen molar-refractivity contribution in [1.82, 2.24) is 10.4 Å². The second kappa shape index (κ2) is 10.9. The van der Waals surface area contributed by atoms with Crippen LogP contribution in [0.3, 0.4) is 0 Å². The van der Waals surface area contributed by atoms with Gasteiger partial charge in [-0.05, 0) is 81.2 Å². The second-order valence-electron chi connectivity index (χ2n) is 7.27. The lowest BCUT2D eigenvalue weighted by Gasteiger charge is -2.22. The van der Waals surface area contributed by atoms with E-state index >= 15 is 0 Å². The molecule has 0 saturated carbocycles. The summed E-state index contributed by atoms with van der Waals surface area (Å²) >= 11 is 0. The smallest absolute Gasteiger partial charge is 0.284 e. The van der Waals surface area contributed by atoms with Crippen molar-refractivity contribution in [3.63, 3.8) is 0 Å². The van der Waals surface area contributed by atoms with Crippen LogP contribution in [0.25, 0.3) is 0 Å². The number of amides is 1. The predicted octanol–water partition coefficient (Wildman–Crippen LogP) is 3.79. The van der Waals surface area contributed by atoms with Crippen LogP contribution in [-0.4, -0.2) is 42.3 Å². The van der Waals surface area contributed by atoms with Gasteiger partial charge >= 0.3 is 0 Å². The molecule has 0 heterocycles. The van der Waals surface area contributed by atoms with E-state index in [2.05, 4.69) is 4.90 Å². The molecular formula is C22H28F2N2O3. The number of ether oxygens (including phenoxy) is 1. The van der Waals surface area contributed by atoms with Gasteiger partial charge in [-0.1, -0.05) is 12.1 Å². The standard InChI is InChI=1S/C22H28F2N2O3/c1-15-13-17(6-8-19(15)23)5-4-11-26(3)12-10-21(22(27)25-28)29-18-7-9-20(24)16(2)14-18/h6-9,13-14,21,28H,4-5,10-12H2,1-3H3,(H,25,27).